The lowest BCUT2D eigenvalue weighted by Gasteiger charge is -2.08. The van der Waals surface area contributed by atoms with E-state index in [1.807, 2.05) is 39.1 Å². The monoisotopic (exact) mass is 329 g/mol. The Hall–Kier alpha value is -2.07. The lowest BCUT2D eigenvalue weighted by atomic mass is 10.0. The molecule has 0 bridgehead atoms. The molecular weight excluding hydrogens is 306 g/mol. The van der Waals surface area contributed by atoms with Gasteiger partial charge >= 0.3 is 0 Å². The van der Waals surface area contributed by atoms with Gasteiger partial charge in [-0.2, -0.15) is 0 Å². The maximum absolute atomic E-state index is 11.5. The van der Waals surface area contributed by atoms with Crippen LogP contribution in [-0.4, -0.2) is 19.4 Å². The fourth-order valence-electron chi connectivity index (χ4n) is 2.43. The molecule has 1 aliphatic heterocycles. The van der Waals surface area contributed by atoms with Crippen LogP contribution in [-0.2, 0) is 6.42 Å². The third-order valence-corrected chi connectivity index (χ3v) is 4.94. The molecule has 0 saturated carbocycles. The molecule has 4 heteroatoms. The zero-order chi connectivity index (χ0) is 17.0. The molecule has 0 unspecified atom stereocenters. The summed E-state index contributed by atoms with van der Waals surface area (Å²) in [6.45, 7) is 10.2. The van der Waals surface area contributed by atoms with E-state index in [4.69, 9.17) is 4.74 Å². The first-order valence-corrected chi connectivity index (χ1v) is 8.69. The molecule has 2 aromatic rings. The van der Waals surface area contributed by atoms with Gasteiger partial charge in [-0.1, -0.05) is 26.5 Å². The van der Waals surface area contributed by atoms with Crippen molar-refractivity contribution >= 4 is 22.8 Å². The van der Waals surface area contributed by atoms with E-state index in [0.29, 0.717) is 12.2 Å². The Morgan fingerprint density at radius 1 is 1.30 bits per heavy atom. The minimum atomic E-state index is 0.0568. The number of benzene rings is 1. The van der Waals surface area contributed by atoms with Crippen LogP contribution in [0.5, 0.6) is 5.75 Å². The molecule has 1 N–H and O–H groups in total. The second kappa shape index (κ2) is 7.47. The number of ether oxygens (including phenoxy) is 1. The van der Waals surface area contributed by atoms with Crippen molar-refractivity contribution in [3.05, 3.63) is 46.8 Å². The fourth-order valence-corrected chi connectivity index (χ4v) is 3.65. The fraction of sp³-hybridized carbons (Fsp3) is 0.316. The molecule has 0 aliphatic carbocycles. The summed E-state index contributed by atoms with van der Waals surface area (Å²) in [7, 11) is 1.88. The van der Waals surface area contributed by atoms with Crippen LogP contribution in [0.25, 0.3) is 16.1 Å². The number of thiophene rings is 1. The Balaban J connectivity index is 0.000000924. The van der Waals surface area contributed by atoms with Crippen LogP contribution in [0.15, 0.2) is 30.8 Å². The molecule has 0 radical (unpaired) electrons. The number of carbonyl (C=O) groups is 1. The topological polar surface area (TPSA) is 38.3 Å². The highest BCUT2D eigenvalue weighted by atomic mass is 32.1. The number of fused-ring (bicyclic) bond motifs is 3. The van der Waals surface area contributed by atoms with Crippen LogP contribution in [0.4, 0.5) is 0 Å². The van der Waals surface area contributed by atoms with E-state index in [1.54, 1.807) is 18.3 Å². The second-order valence-electron chi connectivity index (χ2n) is 5.06. The van der Waals surface area contributed by atoms with Gasteiger partial charge in [0.15, 0.2) is 5.78 Å². The van der Waals surface area contributed by atoms with E-state index >= 15 is 0 Å². The Morgan fingerprint density at radius 2 is 2.04 bits per heavy atom. The van der Waals surface area contributed by atoms with Gasteiger partial charge < -0.3 is 10.1 Å². The van der Waals surface area contributed by atoms with Crippen LogP contribution >= 0.6 is 11.3 Å². The predicted molar refractivity (Wildman–Crippen MR) is 98.4 cm³/mol. The molecule has 0 spiro atoms. The van der Waals surface area contributed by atoms with E-state index in [0.717, 1.165) is 28.3 Å². The SMILES string of the molecule is C=C(NC)c1cc2c(s1)-c1ccc(C(C)=O)cc1OCC2.CC. The Bertz CT molecular complexity index is 731. The molecule has 0 atom stereocenters. The molecule has 3 rings (SSSR count). The summed E-state index contributed by atoms with van der Waals surface area (Å²) in [6, 6.07) is 7.87. The number of hydrogen-bond acceptors (Lipinski definition) is 4. The molecule has 0 amide bonds. The highest BCUT2D eigenvalue weighted by molar-refractivity contribution is 7.16. The smallest absolute Gasteiger partial charge is 0.159 e. The van der Waals surface area contributed by atoms with Crippen molar-refractivity contribution in [2.75, 3.05) is 13.7 Å². The van der Waals surface area contributed by atoms with Crippen molar-refractivity contribution in [3.8, 4) is 16.2 Å². The lowest BCUT2D eigenvalue weighted by Crippen LogP contribution is -2.01. The van der Waals surface area contributed by atoms with Crippen LogP contribution in [0.1, 0.15) is 41.6 Å². The maximum Gasteiger partial charge on any atom is 0.159 e. The Kier molecular flexibility index (Phi) is 5.61. The van der Waals surface area contributed by atoms with Crippen LogP contribution in [0.3, 0.4) is 0 Å². The van der Waals surface area contributed by atoms with Crippen molar-refractivity contribution in [1.29, 1.82) is 0 Å². The number of rotatable bonds is 3. The number of hydrogen-bond donors (Lipinski definition) is 1. The van der Waals surface area contributed by atoms with Gasteiger partial charge in [0, 0.05) is 35.2 Å². The van der Waals surface area contributed by atoms with Gasteiger partial charge in [-0.05, 0) is 30.7 Å². The number of nitrogens with one attached hydrogen (secondary N) is 1. The molecular formula is C19H23NO2S. The van der Waals surface area contributed by atoms with E-state index < -0.39 is 0 Å². The predicted octanol–water partition coefficient (Wildman–Crippen LogP) is 4.77. The van der Waals surface area contributed by atoms with E-state index in [1.165, 1.54) is 10.4 Å². The average molecular weight is 329 g/mol. The van der Waals surface area contributed by atoms with Crippen molar-refractivity contribution in [2.24, 2.45) is 0 Å². The summed E-state index contributed by atoms with van der Waals surface area (Å²) in [4.78, 5) is 13.9. The number of ketones is 1. The molecule has 2 heterocycles. The van der Waals surface area contributed by atoms with Gasteiger partial charge in [0.1, 0.15) is 5.75 Å². The zero-order valence-corrected chi connectivity index (χ0v) is 15.0. The lowest BCUT2D eigenvalue weighted by molar-refractivity contribution is 0.101. The van der Waals surface area contributed by atoms with E-state index in [9.17, 15) is 4.79 Å². The molecule has 1 aromatic heterocycles. The summed E-state index contributed by atoms with van der Waals surface area (Å²) >= 11 is 1.71. The van der Waals surface area contributed by atoms with Crippen LogP contribution in [0.2, 0.25) is 0 Å². The van der Waals surface area contributed by atoms with Gasteiger partial charge in [-0.25, -0.2) is 0 Å². The normalized spacial score (nSPS) is 11.8. The van der Waals surface area contributed by atoms with Crippen LogP contribution < -0.4 is 10.1 Å². The number of Topliss-reactive ketones (excluding diaryl/α,β-unsaturated/α-hetero) is 1. The summed E-state index contributed by atoms with van der Waals surface area (Å²) in [5.41, 5.74) is 3.96. The van der Waals surface area contributed by atoms with Gasteiger partial charge in [0.25, 0.3) is 0 Å². The average Bonchev–Trinajstić information content (AvgIpc) is 2.92. The first-order valence-electron chi connectivity index (χ1n) is 7.88. The third-order valence-electron chi connectivity index (χ3n) is 3.67. The first-order chi connectivity index (χ1) is 11.1. The summed E-state index contributed by atoms with van der Waals surface area (Å²) in [6.07, 6.45) is 0.868. The molecule has 1 aliphatic rings. The van der Waals surface area contributed by atoms with Gasteiger partial charge in [-0.3, -0.25) is 4.79 Å². The molecule has 1 aromatic carbocycles. The highest BCUT2D eigenvalue weighted by Gasteiger charge is 2.20. The molecule has 3 nitrogen and oxygen atoms in total. The summed E-state index contributed by atoms with van der Waals surface area (Å²) < 4.78 is 5.82. The Morgan fingerprint density at radius 3 is 2.70 bits per heavy atom. The molecule has 23 heavy (non-hydrogen) atoms. The van der Waals surface area contributed by atoms with Crippen molar-refractivity contribution in [1.82, 2.24) is 5.32 Å². The molecule has 122 valence electrons. The van der Waals surface area contributed by atoms with E-state index in [-0.39, 0.29) is 5.78 Å². The van der Waals surface area contributed by atoms with Crippen LogP contribution in [0, 0.1) is 0 Å². The van der Waals surface area contributed by atoms with Gasteiger partial charge in [0.05, 0.1) is 11.5 Å². The van der Waals surface area contributed by atoms with Crippen molar-refractivity contribution in [3.63, 3.8) is 0 Å². The minimum absolute atomic E-state index is 0.0568. The molecule has 0 saturated heterocycles. The number of carbonyl (C=O) groups excluding carboxylic acids is 1. The van der Waals surface area contributed by atoms with E-state index in [2.05, 4.69) is 18.0 Å². The highest BCUT2D eigenvalue weighted by Crippen LogP contribution is 2.42. The largest absolute Gasteiger partial charge is 0.493 e. The minimum Gasteiger partial charge on any atom is -0.493 e. The summed E-state index contributed by atoms with van der Waals surface area (Å²) in [5, 5.41) is 3.09. The van der Waals surface area contributed by atoms with Gasteiger partial charge in [0.2, 0.25) is 0 Å². The maximum atomic E-state index is 11.5. The second-order valence-corrected chi connectivity index (χ2v) is 6.11. The third kappa shape index (κ3) is 3.48. The van der Waals surface area contributed by atoms with Crippen molar-refractivity contribution in [2.45, 2.75) is 27.2 Å². The first kappa shape index (κ1) is 17.3. The zero-order valence-electron chi connectivity index (χ0n) is 14.2. The molecule has 0 fully saturated rings. The van der Waals surface area contributed by atoms with Crippen molar-refractivity contribution < 1.29 is 9.53 Å². The van der Waals surface area contributed by atoms with Gasteiger partial charge in [-0.15, -0.1) is 11.3 Å². The summed E-state index contributed by atoms with van der Waals surface area (Å²) in [5.74, 6) is 0.853. The standard InChI is InChI=1S/C17H17NO2S.C2H6/c1-10(18-3)16-9-13-6-7-20-15-8-12(11(2)19)4-5-14(15)17(13)21-16;1-2/h4-5,8-9,18H,1,6-7H2,2-3H3;1-2H3. The quantitative estimate of drug-likeness (QED) is 0.824. The Labute approximate surface area is 142 Å².